The number of nitrogens with one attached hydrogen (secondary N) is 1. The van der Waals surface area contributed by atoms with Crippen LogP contribution in [-0.4, -0.2) is 41.1 Å². The summed E-state index contributed by atoms with van der Waals surface area (Å²) in [5, 5.41) is 3.29. The van der Waals surface area contributed by atoms with E-state index in [-0.39, 0.29) is 0 Å². The molecule has 0 aliphatic rings. The van der Waals surface area contributed by atoms with Crippen molar-refractivity contribution >= 4 is 23.0 Å². The largest absolute Gasteiger partial charge is 0.389 e. The van der Waals surface area contributed by atoms with Crippen LogP contribution < -0.4 is 11.1 Å². The maximum atomic E-state index is 5.51. The first-order chi connectivity index (χ1) is 8.67. The van der Waals surface area contributed by atoms with Gasteiger partial charge in [-0.1, -0.05) is 26.1 Å². The predicted molar refractivity (Wildman–Crippen MR) is 81.0 cm³/mol. The average Bonchev–Trinajstić information content (AvgIpc) is 2.39. The summed E-state index contributed by atoms with van der Waals surface area (Å²) in [4.78, 5) is 7.06. The lowest BCUT2D eigenvalue weighted by molar-refractivity contribution is 0.303. The highest BCUT2D eigenvalue weighted by atomic mass is 32.1. The molecule has 1 rings (SSSR count). The van der Waals surface area contributed by atoms with Gasteiger partial charge in [0.1, 0.15) is 10.8 Å². The first kappa shape index (κ1) is 14.9. The summed E-state index contributed by atoms with van der Waals surface area (Å²) in [6.07, 6.45) is 2.81. The van der Waals surface area contributed by atoms with Gasteiger partial charge in [-0.2, -0.15) is 0 Å². The quantitative estimate of drug-likeness (QED) is 0.555. The molecule has 0 bridgehead atoms. The molecule has 0 saturated carbocycles. The van der Waals surface area contributed by atoms with Gasteiger partial charge in [-0.15, -0.1) is 0 Å². The fourth-order valence-corrected chi connectivity index (χ4v) is 1.82. The molecule has 0 aliphatic carbocycles. The summed E-state index contributed by atoms with van der Waals surface area (Å²) < 4.78 is 0. The number of hydrogen-bond donors (Lipinski definition) is 2. The molecule has 0 aromatic carbocycles. The van der Waals surface area contributed by atoms with E-state index in [2.05, 4.69) is 29.0 Å². The van der Waals surface area contributed by atoms with Crippen LogP contribution in [0.25, 0.3) is 0 Å². The van der Waals surface area contributed by atoms with E-state index in [0.717, 1.165) is 44.0 Å². The Hall–Kier alpha value is -1.20. The molecule has 0 amide bonds. The van der Waals surface area contributed by atoms with E-state index in [9.17, 15) is 0 Å². The Balaban J connectivity index is 2.29. The van der Waals surface area contributed by atoms with Crippen molar-refractivity contribution < 1.29 is 0 Å². The third kappa shape index (κ3) is 4.98. The smallest absolute Gasteiger partial charge is 0.125 e. The first-order valence-corrected chi connectivity index (χ1v) is 6.80. The van der Waals surface area contributed by atoms with E-state index in [1.807, 2.05) is 12.1 Å². The number of anilines is 1. The zero-order valence-electron chi connectivity index (χ0n) is 11.1. The zero-order chi connectivity index (χ0) is 13.4. The van der Waals surface area contributed by atoms with Crippen molar-refractivity contribution in [3.05, 3.63) is 23.9 Å². The maximum absolute atomic E-state index is 5.51. The first-order valence-electron chi connectivity index (χ1n) is 6.39. The summed E-state index contributed by atoms with van der Waals surface area (Å²) in [5.41, 5.74) is 6.32. The van der Waals surface area contributed by atoms with Crippen LogP contribution in [0, 0.1) is 0 Å². The minimum absolute atomic E-state index is 0.385. The molecule has 0 fully saturated rings. The molecule has 0 radical (unpaired) electrons. The summed E-state index contributed by atoms with van der Waals surface area (Å²) in [7, 11) is 0. The topological polar surface area (TPSA) is 54.2 Å². The summed E-state index contributed by atoms with van der Waals surface area (Å²) >= 11 is 4.88. The SMILES string of the molecule is CCN(CC)CCCNc1ccc(C(N)=S)cn1. The molecule has 0 aliphatic heterocycles. The Morgan fingerprint density at radius 2 is 2.11 bits per heavy atom. The lowest BCUT2D eigenvalue weighted by Gasteiger charge is -2.17. The molecule has 1 aromatic heterocycles. The van der Waals surface area contributed by atoms with Crippen LogP contribution in [0.3, 0.4) is 0 Å². The molecular formula is C13H22N4S. The highest BCUT2D eigenvalue weighted by molar-refractivity contribution is 7.80. The second-order valence-corrected chi connectivity index (χ2v) is 4.54. The molecule has 1 aromatic rings. The van der Waals surface area contributed by atoms with Gasteiger partial charge in [0.05, 0.1) is 0 Å². The third-order valence-electron chi connectivity index (χ3n) is 2.90. The van der Waals surface area contributed by atoms with E-state index in [0.29, 0.717) is 4.99 Å². The lowest BCUT2D eigenvalue weighted by atomic mass is 10.3. The molecule has 0 unspecified atom stereocenters. The van der Waals surface area contributed by atoms with Crippen LogP contribution in [0.5, 0.6) is 0 Å². The Kier molecular flexibility index (Phi) is 6.60. The van der Waals surface area contributed by atoms with Crippen LogP contribution in [0.4, 0.5) is 5.82 Å². The molecular weight excluding hydrogens is 244 g/mol. The highest BCUT2D eigenvalue weighted by Gasteiger charge is 2.00. The van der Waals surface area contributed by atoms with Crippen molar-refractivity contribution in [3.8, 4) is 0 Å². The van der Waals surface area contributed by atoms with E-state index in [1.165, 1.54) is 0 Å². The highest BCUT2D eigenvalue weighted by Crippen LogP contribution is 2.05. The fraction of sp³-hybridized carbons (Fsp3) is 0.538. The average molecular weight is 266 g/mol. The molecule has 3 N–H and O–H groups in total. The number of thiocarbonyl (C=S) groups is 1. The van der Waals surface area contributed by atoms with Crippen LogP contribution >= 0.6 is 12.2 Å². The van der Waals surface area contributed by atoms with Crippen molar-refractivity contribution in [3.63, 3.8) is 0 Å². The Bertz CT molecular complexity index is 360. The molecule has 4 nitrogen and oxygen atoms in total. The molecule has 100 valence electrons. The molecule has 5 heteroatoms. The molecule has 0 saturated heterocycles. The second kappa shape index (κ2) is 8.00. The fourth-order valence-electron chi connectivity index (χ4n) is 1.70. The van der Waals surface area contributed by atoms with Gasteiger partial charge < -0.3 is 16.0 Å². The number of aromatic nitrogens is 1. The van der Waals surface area contributed by atoms with Crippen LogP contribution in [0.15, 0.2) is 18.3 Å². The van der Waals surface area contributed by atoms with E-state index >= 15 is 0 Å². The van der Waals surface area contributed by atoms with Gasteiger partial charge in [-0.3, -0.25) is 0 Å². The Morgan fingerprint density at radius 3 is 2.61 bits per heavy atom. The third-order valence-corrected chi connectivity index (χ3v) is 3.14. The van der Waals surface area contributed by atoms with Crippen molar-refractivity contribution in [2.75, 3.05) is 31.5 Å². The number of nitrogens with two attached hydrogens (primary N) is 1. The number of nitrogens with zero attached hydrogens (tertiary/aromatic N) is 2. The van der Waals surface area contributed by atoms with Crippen LogP contribution in [0.1, 0.15) is 25.8 Å². The van der Waals surface area contributed by atoms with Crippen molar-refractivity contribution in [1.82, 2.24) is 9.88 Å². The predicted octanol–water partition coefficient (Wildman–Crippen LogP) is 1.86. The molecule has 0 spiro atoms. The van der Waals surface area contributed by atoms with Gasteiger partial charge in [-0.05, 0) is 38.2 Å². The summed E-state index contributed by atoms with van der Waals surface area (Å²) in [6.45, 7) is 8.63. The zero-order valence-corrected chi connectivity index (χ0v) is 12.0. The molecule has 1 heterocycles. The van der Waals surface area contributed by atoms with E-state index in [1.54, 1.807) is 6.20 Å². The van der Waals surface area contributed by atoms with E-state index < -0.39 is 0 Å². The summed E-state index contributed by atoms with van der Waals surface area (Å²) in [5.74, 6) is 0.870. The molecule has 0 atom stereocenters. The van der Waals surface area contributed by atoms with Crippen LogP contribution in [-0.2, 0) is 0 Å². The normalized spacial score (nSPS) is 10.6. The van der Waals surface area contributed by atoms with Gasteiger partial charge in [-0.25, -0.2) is 4.98 Å². The standard InChI is InChI=1S/C13H22N4S/c1-3-17(4-2)9-5-8-15-12-7-6-11(10-16-12)13(14)18/h6-7,10H,3-5,8-9H2,1-2H3,(H2,14,18)(H,15,16). The van der Waals surface area contributed by atoms with Gasteiger partial charge >= 0.3 is 0 Å². The lowest BCUT2D eigenvalue weighted by Crippen LogP contribution is -2.25. The number of hydrogen-bond acceptors (Lipinski definition) is 4. The van der Waals surface area contributed by atoms with Gasteiger partial charge in [0.25, 0.3) is 0 Å². The Morgan fingerprint density at radius 1 is 1.39 bits per heavy atom. The van der Waals surface area contributed by atoms with Crippen molar-refractivity contribution in [2.24, 2.45) is 5.73 Å². The second-order valence-electron chi connectivity index (χ2n) is 4.10. The maximum Gasteiger partial charge on any atom is 0.125 e. The van der Waals surface area contributed by atoms with Gasteiger partial charge in [0.2, 0.25) is 0 Å². The number of rotatable bonds is 8. The molecule has 18 heavy (non-hydrogen) atoms. The minimum atomic E-state index is 0.385. The van der Waals surface area contributed by atoms with Crippen molar-refractivity contribution in [2.45, 2.75) is 20.3 Å². The Labute approximate surface area is 115 Å². The van der Waals surface area contributed by atoms with Gasteiger partial charge in [0.15, 0.2) is 0 Å². The minimum Gasteiger partial charge on any atom is -0.389 e. The van der Waals surface area contributed by atoms with Crippen LogP contribution in [0.2, 0.25) is 0 Å². The van der Waals surface area contributed by atoms with Gasteiger partial charge in [0, 0.05) is 18.3 Å². The van der Waals surface area contributed by atoms with E-state index in [4.69, 9.17) is 18.0 Å². The van der Waals surface area contributed by atoms with Crippen molar-refractivity contribution in [1.29, 1.82) is 0 Å². The summed E-state index contributed by atoms with van der Waals surface area (Å²) in [6, 6.07) is 3.80. The monoisotopic (exact) mass is 266 g/mol. The number of pyridine rings is 1.